The summed E-state index contributed by atoms with van der Waals surface area (Å²) in [6.45, 7) is 0. The number of pyridine rings is 1. The van der Waals surface area contributed by atoms with Crippen LogP contribution in [0.15, 0.2) is 12.1 Å². The van der Waals surface area contributed by atoms with E-state index in [4.69, 9.17) is 1.41 Å². The predicted octanol–water partition coefficient (Wildman–Crippen LogP) is 0.419. The molecule has 0 spiro atoms. The molecule has 0 aliphatic rings. The predicted molar refractivity (Wildman–Crippen MR) is 46.0 cm³/mol. The highest BCUT2D eigenvalue weighted by molar-refractivity contribution is 5.71. The van der Waals surface area contributed by atoms with Crippen LogP contribution in [-0.2, 0) is 0 Å². The van der Waals surface area contributed by atoms with Crippen LogP contribution in [0, 0.1) is 0 Å². The molecule has 2 aromatic heterocycles. The van der Waals surface area contributed by atoms with E-state index in [1.807, 2.05) is 25.1 Å². The standard InChI is InChI=1S/C7H9N5/c1-12(2)6-4-3-5-7(8-6)10-11-9-5/h3-4H,1-2H3,(H,8,9,10,11)/i/hD. The summed E-state index contributed by atoms with van der Waals surface area (Å²) < 4.78 is 7.31. The van der Waals surface area contributed by atoms with Crippen molar-refractivity contribution >= 4 is 17.0 Å². The second-order valence-electron chi connectivity index (χ2n) is 2.70. The number of anilines is 1. The van der Waals surface area contributed by atoms with Crippen molar-refractivity contribution in [1.29, 1.82) is 0 Å². The second kappa shape index (κ2) is 2.44. The summed E-state index contributed by atoms with van der Waals surface area (Å²) in [5.41, 5.74) is 1.12. The Morgan fingerprint density at radius 1 is 1.50 bits per heavy atom. The van der Waals surface area contributed by atoms with Gasteiger partial charge >= 0.3 is 0 Å². The maximum Gasteiger partial charge on any atom is 0.203 e. The molecule has 0 aliphatic carbocycles. The third-order valence-electron chi connectivity index (χ3n) is 1.59. The van der Waals surface area contributed by atoms with E-state index in [1.165, 1.54) is 0 Å². The van der Waals surface area contributed by atoms with E-state index in [1.54, 1.807) is 6.07 Å². The maximum absolute atomic E-state index is 7.31. The van der Waals surface area contributed by atoms with Gasteiger partial charge in [-0.3, -0.25) is 5.09 Å². The number of hydrogen-bond acceptors (Lipinski definition) is 4. The molecule has 0 atom stereocenters. The van der Waals surface area contributed by atoms with Crippen LogP contribution in [-0.4, -0.2) is 34.5 Å². The lowest BCUT2D eigenvalue weighted by atomic mass is 10.4. The molecule has 1 N–H and O–H groups in total. The Hall–Kier alpha value is -1.65. The van der Waals surface area contributed by atoms with Gasteiger partial charge in [0.05, 0.1) is 0 Å². The number of aromatic nitrogens is 4. The molecule has 0 aliphatic heterocycles. The van der Waals surface area contributed by atoms with Crippen molar-refractivity contribution in [3.05, 3.63) is 12.1 Å². The molecule has 12 heavy (non-hydrogen) atoms. The molecular formula is C7H9N5. The molecule has 0 amide bonds. The number of nitrogens with zero attached hydrogens (tertiary/aromatic N) is 4. The first-order valence-electron chi connectivity index (χ1n) is 4.02. The smallest absolute Gasteiger partial charge is 0.203 e. The number of nitrogens with one attached hydrogen (secondary N) is 1. The van der Waals surface area contributed by atoms with Crippen LogP contribution >= 0.6 is 0 Å². The first-order chi connectivity index (χ1) is 6.18. The fraction of sp³-hybridized carbons (Fsp3) is 0.286. The molecule has 5 nitrogen and oxygen atoms in total. The summed E-state index contributed by atoms with van der Waals surface area (Å²) >= 11 is 0. The minimum absolute atomic E-state index is 0.501. The number of H-pyrrole nitrogens is 1. The van der Waals surface area contributed by atoms with Crippen molar-refractivity contribution in [2.45, 2.75) is 0 Å². The van der Waals surface area contributed by atoms with Crippen molar-refractivity contribution in [3.63, 3.8) is 0 Å². The zero-order chi connectivity index (χ0) is 9.42. The minimum atomic E-state index is 0.501. The van der Waals surface area contributed by atoms with Gasteiger partial charge in [0.25, 0.3) is 0 Å². The van der Waals surface area contributed by atoms with Crippen LogP contribution in [0.2, 0.25) is 1.41 Å². The fourth-order valence-electron chi connectivity index (χ4n) is 0.945. The van der Waals surface area contributed by atoms with Crippen LogP contribution < -0.4 is 4.90 Å². The van der Waals surface area contributed by atoms with E-state index in [2.05, 4.69) is 15.3 Å². The Morgan fingerprint density at radius 3 is 3.08 bits per heavy atom. The molecule has 5 heteroatoms. The van der Waals surface area contributed by atoms with E-state index >= 15 is 0 Å². The molecule has 0 bridgehead atoms. The molecule has 2 rings (SSSR count). The molecule has 0 saturated heterocycles. The average Bonchev–Trinajstić information content (AvgIpc) is 2.47. The van der Waals surface area contributed by atoms with Crippen LogP contribution in [0.25, 0.3) is 11.2 Å². The molecule has 0 aromatic carbocycles. The van der Waals surface area contributed by atoms with Gasteiger partial charge < -0.3 is 4.90 Å². The number of aromatic amines is 1. The van der Waals surface area contributed by atoms with E-state index in [0.29, 0.717) is 11.2 Å². The first-order valence-corrected chi connectivity index (χ1v) is 3.57. The summed E-state index contributed by atoms with van der Waals surface area (Å²) in [4.78, 5) is 6.08. The summed E-state index contributed by atoms with van der Waals surface area (Å²) in [5, 5.41) is 8.26. The highest BCUT2D eigenvalue weighted by Gasteiger charge is 2.01. The normalized spacial score (nSPS) is 11.7. The Bertz CT molecular complexity index is 435. The Balaban J connectivity index is 2.63. The molecular weight excluding hydrogens is 154 g/mol. The summed E-state index contributed by atoms with van der Waals surface area (Å²) in [6, 6.07) is 3.61. The first kappa shape index (κ1) is 5.93. The highest BCUT2D eigenvalue weighted by Crippen LogP contribution is 2.11. The molecule has 2 aromatic rings. The molecule has 0 unspecified atom stereocenters. The van der Waals surface area contributed by atoms with E-state index < -0.39 is 0 Å². The molecule has 2 heterocycles. The maximum atomic E-state index is 7.31. The lowest BCUT2D eigenvalue weighted by Gasteiger charge is -2.09. The lowest BCUT2D eigenvalue weighted by Crippen LogP contribution is -2.10. The zero-order valence-electron chi connectivity index (χ0n) is 7.89. The minimum Gasteiger partial charge on any atom is -0.363 e. The largest absolute Gasteiger partial charge is 0.363 e. The highest BCUT2D eigenvalue weighted by atomic mass is 15.3. The molecule has 0 radical (unpaired) electrons. The number of fused-ring (bicyclic) bond motifs is 1. The van der Waals surface area contributed by atoms with Crippen molar-refractivity contribution in [3.8, 4) is 0 Å². The van der Waals surface area contributed by atoms with Gasteiger partial charge in [-0.25, -0.2) is 4.98 Å². The van der Waals surface area contributed by atoms with Gasteiger partial charge in [-0.2, -0.15) is 0 Å². The van der Waals surface area contributed by atoms with Crippen molar-refractivity contribution in [2.24, 2.45) is 0 Å². The topological polar surface area (TPSA) is 57.7 Å². The number of rotatable bonds is 1. The lowest BCUT2D eigenvalue weighted by molar-refractivity contribution is 0.953. The van der Waals surface area contributed by atoms with E-state index in [9.17, 15) is 0 Å². The Morgan fingerprint density at radius 2 is 2.33 bits per heavy atom. The van der Waals surface area contributed by atoms with Crippen molar-refractivity contribution in [2.75, 3.05) is 19.0 Å². The molecule has 62 valence electrons. The van der Waals surface area contributed by atoms with Gasteiger partial charge in [-0.05, 0) is 12.1 Å². The molecule has 0 saturated carbocycles. The van der Waals surface area contributed by atoms with Crippen molar-refractivity contribution in [1.82, 2.24) is 20.4 Å². The van der Waals surface area contributed by atoms with Gasteiger partial charge in [0.15, 0.2) is 1.41 Å². The third-order valence-corrected chi connectivity index (χ3v) is 1.59. The number of hydrogen-bond donors (Lipinski definition) is 1. The van der Waals surface area contributed by atoms with Crippen LogP contribution in [0.1, 0.15) is 0 Å². The SMILES string of the molecule is [2H]n1nnc2nc(N(C)C)ccc21. The van der Waals surface area contributed by atoms with Gasteiger partial charge in [-0.15, -0.1) is 5.10 Å². The van der Waals surface area contributed by atoms with Gasteiger partial charge in [-0.1, -0.05) is 5.21 Å². The zero-order valence-corrected chi connectivity index (χ0v) is 6.89. The third kappa shape index (κ3) is 0.990. The van der Waals surface area contributed by atoms with E-state index in [0.717, 1.165) is 10.9 Å². The second-order valence-corrected chi connectivity index (χ2v) is 2.70. The fourth-order valence-corrected chi connectivity index (χ4v) is 0.945. The van der Waals surface area contributed by atoms with Gasteiger partial charge in [0, 0.05) is 14.1 Å². The van der Waals surface area contributed by atoms with Crippen LogP contribution in [0.4, 0.5) is 5.82 Å². The summed E-state index contributed by atoms with van der Waals surface area (Å²) in [7, 11) is 3.80. The van der Waals surface area contributed by atoms with Crippen LogP contribution in [0.3, 0.4) is 0 Å². The van der Waals surface area contributed by atoms with Crippen LogP contribution in [0.5, 0.6) is 0 Å². The molecule has 0 fully saturated rings. The van der Waals surface area contributed by atoms with Gasteiger partial charge in [0.2, 0.25) is 5.65 Å². The monoisotopic (exact) mass is 164 g/mol. The summed E-state index contributed by atoms with van der Waals surface area (Å²) in [6.07, 6.45) is 0. The van der Waals surface area contributed by atoms with E-state index in [-0.39, 0.29) is 0 Å². The summed E-state index contributed by atoms with van der Waals surface area (Å²) in [5.74, 6) is 0.813. The van der Waals surface area contributed by atoms with Gasteiger partial charge in [0.1, 0.15) is 11.3 Å². The Kier molecular flexibility index (Phi) is 1.21. The average molecular weight is 164 g/mol. The Labute approximate surface area is 70.9 Å². The quantitative estimate of drug-likeness (QED) is 0.663. The van der Waals surface area contributed by atoms with Crippen molar-refractivity contribution < 1.29 is 1.41 Å².